The van der Waals surface area contributed by atoms with Crippen molar-refractivity contribution in [1.29, 1.82) is 0 Å². The number of nitro benzene ring substituents is 1. The van der Waals surface area contributed by atoms with Crippen LogP contribution in [0.5, 0.6) is 5.75 Å². The molecular formula is C21H15N3O5. The van der Waals surface area contributed by atoms with Crippen LogP contribution in [-0.2, 0) is 0 Å². The van der Waals surface area contributed by atoms with Gasteiger partial charge in [-0.05, 0) is 43.3 Å². The van der Waals surface area contributed by atoms with E-state index in [1.165, 1.54) is 36.4 Å². The molecule has 8 nitrogen and oxygen atoms in total. The van der Waals surface area contributed by atoms with Crippen LogP contribution in [-0.4, -0.2) is 20.9 Å². The van der Waals surface area contributed by atoms with Crippen molar-refractivity contribution in [3.63, 3.8) is 0 Å². The molecule has 4 aromatic rings. The minimum Gasteiger partial charge on any atom is -0.507 e. The number of para-hydroxylation sites is 2. The van der Waals surface area contributed by atoms with Crippen LogP contribution in [0, 0.1) is 17.0 Å². The number of benzene rings is 3. The van der Waals surface area contributed by atoms with Gasteiger partial charge in [-0.2, -0.15) is 0 Å². The van der Waals surface area contributed by atoms with Crippen LogP contribution in [0.15, 0.2) is 65.1 Å². The van der Waals surface area contributed by atoms with Crippen LogP contribution in [0.1, 0.15) is 15.9 Å². The zero-order valence-electron chi connectivity index (χ0n) is 15.2. The monoisotopic (exact) mass is 389 g/mol. The number of phenolic OH excluding ortho intramolecular Hbond substituents is 1. The quantitative estimate of drug-likeness (QED) is 0.297. The summed E-state index contributed by atoms with van der Waals surface area (Å²) in [5, 5.41) is 24.0. The maximum absolute atomic E-state index is 12.5. The second-order valence-corrected chi connectivity index (χ2v) is 6.43. The summed E-state index contributed by atoms with van der Waals surface area (Å²) in [5.74, 6) is -0.353. The van der Waals surface area contributed by atoms with Gasteiger partial charge in [0.25, 0.3) is 11.6 Å². The molecular weight excluding hydrogens is 374 g/mol. The molecule has 4 rings (SSSR count). The Balaban J connectivity index is 1.65. The highest BCUT2D eigenvalue weighted by Gasteiger charge is 2.17. The minimum atomic E-state index is -0.530. The van der Waals surface area contributed by atoms with Gasteiger partial charge in [-0.15, -0.1) is 0 Å². The van der Waals surface area contributed by atoms with Gasteiger partial charge in [-0.25, -0.2) is 4.98 Å². The Morgan fingerprint density at radius 2 is 1.93 bits per heavy atom. The maximum Gasteiger partial charge on any atom is 0.273 e. The molecule has 3 aromatic carbocycles. The number of aryl methyl sites for hydroxylation is 1. The van der Waals surface area contributed by atoms with E-state index >= 15 is 0 Å². The predicted molar refractivity (Wildman–Crippen MR) is 107 cm³/mol. The molecule has 0 saturated heterocycles. The average Bonchev–Trinajstić information content (AvgIpc) is 3.13. The number of rotatable bonds is 4. The number of nitro groups is 1. The molecule has 0 saturated carbocycles. The number of hydrogen-bond donors (Lipinski definition) is 2. The molecule has 0 unspecified atom stereocenters. The van der Waals surface area contributed by atoms with Gasteiger partial charge >= 0.3 is 0 Å². The molecule has 1 aromatic heterocycles. The fraction of sp³-hybridized carbons (Fsp3) is 0.0476. The lowest BCUT2D eigenvalue weighted by Crippen LogP contribution is -2.12. The van der Waals surface area contributed by atoms with Crippen molar-refractivity contribution in [2.75, 3.05) is 5.32 Å². The Morgan fingerprint density at radius 1 is 1.14 bits per heavy atom. The molecule has 0 bridgehead atoms. The van der Waals surface area contributed by atoms with Crippen LogP contribution >= 0.6 is 0 Å². The molecule has 0 aliphatic rings. The smallest absolute Gasteiger partial charge is 0.273 e. The zero-order chi connectivity index (χ0) is 20.5. The molecule has 0 aliphatic carbocycles. The van der Waals surface area contributed by atoms with Gasteiger partial charge in [0.2, 0.25) is 5.89 Å². The van der Waals surface area contributed by atoms with E-state index in [9.17, 15) is 20.0 Å². The fourth-order valence-electron chi connectivity index (χ4n) is 2.92. The molecule has 0 aliphatic heterocycles. The van der Waals surface area contributed by atoms with E-state index in [4.69, 9.17) is 4.42 Å². The van der Waals surface area contributed by atoms with Gasteiger partial charge in [0, 0.05) is 22.9 Å². The van der Waals surface area contributed by atoms with Crippen molar-refractivity contribution in [3.05, 3.63) is 81.9 Å². The van der Waals surface area contributed by atoms with Crippen LogP contribution in [0.3, 0.4) is 0 Å². The number of nitrogens with one attached hydrogen (secondary N) is 1. The average molecular weight is 389 g/mol. The van der Waals surface area contributed by atoms with Gasteiger partial charge in [0.1, 0.15) is 11.3 Å². The summed E-state index contributed by atoms with van der Waals surface area (Å²) < 4.78 is 5.68. The number of aromatic hydroxyl groups is 1. The van der Waals surface area contributed by atoms with E-state index in [1.54, 1.807) is 19.1 Å². The highest BCUT2D eigenvalue weighted by molar-refractivity contribution is 6.05. The van der Waals surface area contributed by atoms with Crippen molar-refractivity contribution in [1.82, 2.24) is 4.98 Å². The Labute approximate surface area is 164 Å². The lowest BCUT2D eigenvalue weighted by Gasteiger charge is -2.08. The summed E-state index contributed by atoms with van der Waals surface area (Å²) in [6.07, 6.45) is 0. The van der Waals surface area contributed by atoms with Gasteiger partial charge < -0.3 is 14.8 Å². The number of oxazole rings is 1. The third kappa shape index (κ3) is 3.51. The van der Waals surface area contributed by atoms with Crippen LogP contribution in [0.4, 0.5) is 11.4 Å². The highest BCUT2D eigenvalue weighted by atomic mass is 16.6. The maximum atomic E-state index is 12.5. The van der Waals surface area contributed by atoms with E-state index in [-0.39, 0.29) is 22.9 Å². The number of carbonyl (C=O) groups excluding carboxylic acids is 1. The number of fused-ring (bicyclic) bond motifs is 1. The van der Waals surface area contributed by atoms with Crippen LogP contribution in [0.2, 0.25) is 0 Å². The van der Waals surface area contributed by atoms with E-state index in [2.05, 4.69) is 10.3 Å². The first-order valence-corrected chi connectivity index (χ1v) is 8.68. The standard InChI is InChI=1S/C21H15N3O5/c1-12-6-7-13(10-17(12)24(27)28)20(26)22-14-8-9-18(25)15(11-14)21-23-16-4-2-3-5-19(16)29-21/h2-11,25H,1H3,(H,22,26). The first-order chi connectivity index (χ1) is 13.9. The summed E-state index contributed by atoms with van der Waals surface area (Å²) in [5.41, 5.74) is 2.40. The number of phenols is 1. The van der Waals surface area contributed by atoms with Crippen LogP contribution < -0.4 is 5.32 Å². The Hall–Kier alpha value is -4.20. The second kappa shape index (κ2) is 7.08. The second-order valence-electron chi connectivity index (χ2n) is 6.43. The predicted octanol–water partition coefficient (Wildman–Crippen LogP) is 4.67. The summed E-state index contributed by atoms with van der Waals surface area (Å²) in [7, 11) is 0. The van der Waals surface area contributed by atoms with Crippen molar-refractivity contribution in [2.45, 2.75) is 6.92 Å². The van der Waals surface area contributed by atoms with Gasteiger partial charge in [-0.1, -0.05) is 18.2 Å². The number of nitrogens with zero attached hydrogens (tertiary/aromatic N) is 2. The Bertz CT molecular complexity index is 1230. The topological polar surface area (TPSA) is 118 Å². The zero-order valence-corrected chi connectivity index (χ0v) is 15.2. The third-order valence-corrected chi connectivity index (χ3v) is 4.45. The van der Waals surface area contributed by atoms with E-state index < -0.39 is 10.8 Å². The summed E-state index contributed by atoms with van der Waals surface area (Å²) in [6, 6.07) is 15.9. The normalized spacial score (nSPS) is 10.8. The Kier molecular flexibility index (Phi) is 4.44. The number of carbonyl (C=O) groups is 1. The third-order valence-electron chi connectivity index (χ3n) is 4.45. The van der Waals surface area contributed by atoms with Gasteiger partial charge in [0.15, 0.2) is 5.58 Å². The molecule has 1 amide bonds. The molecule has 8 heteroatoms. The fourth-order valence-corrected chi connectivity index (χ4v) is 2.92. The summed E-state index contributed by atoms with van der Waals surface area (Å²) in [4.78, 5) is 27.5. The number of hydrogen-bond acceptors (Lipinski definition) is 6. The number of amides is 1. The van der Waals surface area contributed by atoms with Crippen molar-refractivity contribution < 1.29 is 19.2 Å². The van der Waals surface area contributed by atoms with Gasteiger partial charge in [0.05, 0.1) is 10.5 Å². The molecule has 0 fully saturated rings. The number of anilines is 1. The lowest BCUT2D eigenvalue weighted by atomic mass is 10.1. The van der Waals surface area contributed by atoms with Crippen LogP contribution in [0.25, 0.3) is 22.6 Å². The van der Waals surface area contributed by atoms with E-state index in [0.29, 0.717) is 27.9 Å². The summed E-state index contributed by atoms with van der Waals surface area (Å²) >= 11 is 0. The van der Waals surface area contributed by atoms with E-state index in [0.717, 1.165) is 0 Å². The molecule has 144 valence electrons. The van der Waals surface area contributed by atoms with Gasteiger partial charge in [-0.3, -0.25) is 14.9 Å². The SMILES string of the molecule is Cc1ccc(C(=O)Nc2ccc(O)c(-c3nc4ccccc4o3)c2)cc1[N+](=O)[O-]. The van der Waals surface area contributed by atoms with Crippen molar-refractivity contribution in [2.24, 2.45) is 0 Å². The van der Waals surface area contributed by atoms with Crippen molar-refractivity contribution >= 4 is 28.4 Å². The Morgan fingerprint density at radius 3 is 2.69 bits per heavy atom. The first-order valence-electron chi connectivity index (χ1n) is 8.68. The van der Waals surface area contributed by atoms with E-state index in [1.807, 2.05) is 12.1 Å². The minimum absolute atomic E-state index is 0.0551. The molecule has 1 heterocycles. The molecule has 0 radical (unpaired) electrons. The molecule has 0 atom stereocenters. The summed E-state index contributed by atoms with van der Waals surface area (Å²) in [6.45, 7) is 1.60. The lowest BCUT2D eigenvalue weighted by molar-refractivity contribution is -0.385. The molecule has 29 heavy (non-hydrogen) atoms. The first kappa shape index (κ1) is 18.2. The largest absolute Gasteiger partial charge is 0.507 e. The molecule has 2 N–H and O–H groups in total. The highest BCUT2D eigenvalue weighted by Crippen LogP contribution is 2.33. The van der Waals surface area contributed by atoms with Crippen molar-refractivity contribution in [3.8, 4) is 17.2 Å². The molecule has 0 spiro atoms. The number of aromatic nitrogens is 1.